The lowest BCUT2D eigenvalue weighted by Gasteiger charge is -2.09. The van der Waals surface area contributed by atoms with Crippen LogP contribution in [-0.4, -0.2) is 33.3 Å². The Labute approximate surface area is 191 Å². The van der Waals surface area contributed by atoms with Crippen LogP contribution in [0.1, 0.15) is 78.1 Å². The van der Waals surface area contributed by atoms with Crippen LogP contribution in [0.3, 0.4) is 0 Å². The Kier molecular flexibility index (Phi) is 9.66. The number of hydrogen-bond donors (Lipinski definition) is 1. The summed E-state index contributed by atoms with van der Waals surface area (Å²) in [4.78, 5) is 1.46. The van der Waals surface area contributed by atoms with E-state index in [1.807, 2.05) is 24.3 Å². The highest BCUT2D eigenvalue weighted by Crippen LogP contribution is 2.27. The second-order valence-electron chi connectivity index (χ2n) is 8.32. The van der Waals surface area contributed by atoms with Crippen molar-refractivity contribution < 1.29 is 14.6 Å². The monoisotopic (exact) mass is 439 g/mol. The summed E-state index contributed by atoms with van der Waals surface area (Å²) in [6.07, 6.45) is 12.2. The second-order valence-corrected chi connectivity index (χ2v) is 8.32. The second kappa shape index (κ2) is 12.9. The summed E-state index contributed by atoms with van der Waals surface area (Å²) in [6.45, 7) is 5.74. The van der Waals surface area contributed by atoms with Crippen molar-refractivity contribution in [2.75, 3.05) is 13.2 Å². The average molecular weight is 440 g/mol. The maximum absolute atomic E-state index is 10.5. The molecule has 1 heterocycles. The number of phenols is 1. The van der Waals surface area contributed by atoms with Crippen LogP contribution in [0.25, 0.3) is 16.7 Å². The lowest BCUT2D eigenvalue weighted by Crippen LogP contribution is -2.01. The summed E-state index contributed by atoms with van der Waals surface area (Å²) in [7, 11) is 0. The minimum absolute atomic E-state index is 0.0955. The number of hydrogen-bond acceptors (Lipinski definition) is 5. The molecule has 32 heavy (non-hydrogen) atoms. The van der Waals surface area contributed by atoms with E-state index in [1.165, 1.54) is 49.7 Å². The SMILES string of the molecule is CCCCCCCCCCOc1ccc(-n2nc3ccc(OCCCC)cc3n2)c(O)c1. The van der Waals surface area contributed by atoms with Gasteiger partial charge in [-0.3, -0.25) is 0 Å². The van der Waals surface area contributed by atoms with Gasteiger partial charge >= 0.3 is 0 Å². The Bertz CT molecular complexity index is 955. The van der Waals surface area contributed by atoms with Crippen LogP contribution in [0.2, 0.25) is 0 Å². The Balaban J connectivity index is 1.50. The maximum atomic E-state index is 10.5. The van der Waals surface area contributed by atoms with Crippen molar-refractivity contribution in [3.05, 3.63) is 36.4 Å². The number of benzene rings is 2. The van der Waals surface area contributed by atoms with Crippen molar-refractivity contribution >= 4 is 11.0 Å². The minimum atomic E-state index is 0.0955. The zero-order valence-corrected chi connectivity index (χ0v) is 19.6. The third-order valence-electron chi connectivity index (χ3n) is 5.55. The van der Waals surface area contributed by atoms with E-state index in [1.54, 1.807) is 12.1 Å². The maximum Gasteiger partial charge on any atom is 0.146 e. The molecule has 174 valence electrons. The van der Waals surface area contributed by atoms with Gasteiger partial charge in [-0.05, 0) is 37.1 Å². The van der Waals surface area contributed by atoms with Crippen molar-refractivity contribution in [3.63, 3.8) is 0 Å². The number of nitrogens with zero attached hydrogens (tertiary/aromatic N) is 3. The number of unbranched alkanes of at least 4 members (excludes halogenated alkanes) is 8. The van der Waals surface area contributed by atoms with Gasteiger partial charge in [0.15, 0.2) is 0 Å². The Morgan fingerprint density at radius 2 is 1.28 bits per heavy atom. The third-order valence-corrected chi connectivity index (χ3v) is 5.55. The highest BCUT2D eigenvalue weighted by atomic mass is 16.5. The van der Waals surface area contributed by atoms with Gasteiger partial charge < -0.3 is 14.6 Å². The zero-order valence-electron chi connectivity index (χ0n) is 19.6. The molecule has 0 amide bonds. The molecule has 0 saturated heterocycles. The summed E-state index contributed by atoms with van der Waals surface area (Å²) in [6, 6.07) is 10.9. The smallest absolute Gasteiger partial charge is 0.146 e. The predicted octanol–water partition coefficient (Wildman–Crippen LogP) is 6.82. The lowest BCUT2D eigenvalue weighted by atomic mass is 10.1. The molecule has 0 radical (unpaired) electrons. The van der Waals surface area contributed by atoms with Crippen molar-refractivity contribution in [2.24, 2.45) is 0 Å². The topological polar surface area (TPSA) is 69.4 Å². The zero-order chi connectivity index (χ0) is 22.6. The van der Waals surface area contributed by atoms with Crippen molar-refractivity contribution in [1.82, 2.24) is 15.0 Å². The van der Waals surface area contributed by atoms with Crippen molar-refractivity contribution in [2.45, 2.75) is 78.1 Å². The molecule has 0 unspecified atom stereocenters. The summed E-state index contributed by atoms with van der Waals surface area (Å²) in [5.74, 6) is 1.54. The summed E-state index contributed by atoms with van der Waals surface area (Å²) >= 11 is 0. The van der Waals surface area contributed by atoms with E-state index in [4.69, 9.17) is 9.47 Å². The van der Waals surface area contributed by atoms with E-state index in [0.717, 1.165) is 36.0 Å². The first-order chi connectivity index (χ1) is 15.7. The number of phenolic OH excluding ortho intramolecular Hbond substituents is 1. The number of fused-ring (bicyclic) bond motifs is 1. The predicted molar refractivity (Wildman–Crippen MR) is 129 cm³/mol. The van der Waals surface area contributed by atoms with Gasteiger partial charge in [-0.15, -0.1) is 15.0 Å². The highest BCUT2D eigenvalue weighted by molar-refractivity contribution is 5.75. The van der Waals surface area contributed by atoms with Gasteiger partial charge in [0.2, 0.25) is 0 Å². The highest BCUT2D eigenvalue weighted by Gasteiger charge is 2.11. The fourth-order valence-corrected chi connectivity index (χ4v) is 3.61. The van der Waals surface area contributed by atoms with Gasteiger partial charge in [0, 0.05) is 12.1 Å². The van der Waals surface area contributed by atoms with Crippen LogP contribution in [-0.2, 0) is 0 Å². The molecule has 3 aromatic rings. The number of ether oxygens (including phenoxy) is 2. The number of aromatic nitrogens is 3. The molecule has 0 fully saturated rings. The molecule has 1 aromatic heterocycles. The van der Waals surface area contributed by atoms with Gasteiger partial charge in [-0.25, -0.2) is 0 Å². The standard InChI is InChI=1S/C26H37N3O3/c1-3-5-7-8-9-10-11-12-18-32-22-14-16-25(26(30)20-22)29-27-23-15-13-21(19-24(23)28-29)31-17-6-4-2/h13-16,19-20,30H,3-12,17-18H2,1-2H3. The molecular formula is C26H37N3O3. The molecule has 3 rings (SSSR count). The molecular weight excluding hydrogens is 402 g/mol. The van der Waals surface area contributed by atoms with Crippen molar-refractivity contribution in [1.29, 1.82) is 0 Å². The van der Waals surface area contributed by atoms with Gasteiger partial charge in [0.05, 0.1) is 13.2 Å². The van der Waals surface area contributed by atoms with Crippen LogP contribution in [0.4, 0.5) is 0 Å². The van der Waals surface area contributed by atoms with E-state index >= 15 is 0 Å². The van der Waals surface area contributed by atoms with E-state index < -0.39 is 0 Å². The molecule has 0 aliphatic heterocycles. The average Bonchev–Trinajstić information content (AvgIpc) is 3.21. The Morgan fingerprint density at radius 3 is 2.00 bits per heavy atom. The van der Waals surface area contributed by atoms with Crippen LogP contribution in [0.5, 0.6) is 17.2 Å². The fraction of sp³-hybridized carbons (Fsp3) is 0.538. The largest absolute Gasteiger partial charge is 0.505 e. The summed E-state index contributed by atoms with van der Waals surface area (Å²) in [5.41, 5.74) is 2.00. The van der Waals surface area contributed by atoms with Crippen LogP contribution in [0, 0.1) is 0 Å². The molecule has 1 N–H and O–H groups in total. The Hall–Kier alpha value is -2.76. The first-order valence-corrected chi connectivity index (χ1v) is 12.2. The van der Waals surface area contributed by atoms with Gasteiger partial charge in [0.25, 0.3) is 0 Å². The molecule has 0 atom stereocenters. The molecule has 0 bridgehead atoms. The summed E-state index contributed by atoms with van der Waals surface area (Å²) in [5, 5.41) is 19.5. The van der Waals surface area contributed by atoms with Crippen LogP contribution < -0.4 is 9.47 Å². The number of aromatic hydroxyl groups is 1. The van der Waals surface area contributed by atoms with Crippen LogP contribution >= 0.6 is 0 Å². The molecule has 6 nitrogen and oxygen atoms in total. The van der Waals surface area contributed by atoms with Crippen molar-refractivity contribution in [3.8, 4) is 22.9 Å². The Morgan fingerprint density at radius 1 is 0.688 bits per heavy atom. The summed E-state index contributed by atoms with van der Waals surface area (Å²) < 4.78 is 11.6. The molecule has 6 heteroatoms. The fourth-order valence-electron chi connectivity index (χ4n) is 3.61. The quantitative estimate of drug-likeness (QED) is 0.263. The molecule has 0 aliphatic carbocycles. The van der Waals surface area contributed by atoms with Crippen LogP contribution in [0.15, 0.2) is 36.4 Å². The van der Waals surface area contributed by atoms with Gasteiger partial charge in [-0.2, -0.15) is 0 Å². The molecule has 2 aromatic carbocycles. The normalized spacial score (nSPS) is 11.2. The lowest BCUT2D eigenvalue weighted by molar-refractivity contribution is 0.302. The van der Waals surface area contributed by atoms with E-state index in [2.05, 4.69) is 24.0 Å². The molecule has 0 aliphatic rings. The first kappa shape index (κ1) is 23.9. The van der Waals surface area contributed by atoms with Gasteiger partial charge in [-0.1, -0.05) is 65.2 Å². The molecule has 0 saturated carbocycles. The van der Waals surface area contributed by atoms with E-state index in [9.17, 15) is 5.11 Å². The van der Waals surface area contributed by atoms with Gasteiger partial charge in [0.1, 0.15) is 34.0 Å². The minimum Gasteiger partial charge on any atom is -0.505 e. The first-order valence-electron chi connectivity index (χ1n) is 12.2. The number of rotatable bonds is 15. The third kappa shape index (κ3) is 7.14. The van der Waals surface area contributed by atoms with E-state index in [-0.39, 0.29) is 5.75 Å². The van der Waals surface area contributed by atoms with E-state index in [0.29, 0.717) is 24.7 Å². The molecule has 0 spiro atoms.